The molecule has 2 aromatic rings. The predicted octanol–water partition coefficient (Wildman–Crippen LogP) is 2.22. The van der Waals surface area contributed by atoms with Crippen molar-refractivity contribution in [3.05, 3.63) is 40.8 Å². The molecule has 30 heavy (non-hydrogen) atoms. The molecule has 1 heterocycles. The summed E-state index contributed by atoms with van der Waals surface area (Å²) in [6.45, 7) is -1.79. The maximum atomic E-state index is 13.8. The van der Waals surface area contributed by atoms with Crippen LogP contribution in [-0.2, 0) is 14.8 Å². The first kappa shape index (κ1) is 23.6. The maximum absolute atomic E-state index is 13.8. The number of nitrogens with zero attached hydrogens (tertiary/aromatic N) is 1. The van der Waals surface area contributed by atoms with Crippen molar-refractivity contribution in [2.75, 3.05) is 4.31 Å². The lowest BCUT2D eigenvalue weighted by atomic mass is 10.1. The number of sulfonamides is 1. The highest BCUT2D eigenvalue weighted by Gasteiger charge is 2.42. The summed E-state index contributed by atoms with van der Waals surface area (Å²) in [5.74, 6) is -7.41. The number of alkyl halides is 2. The smallest absolute Gasteiger partial charge is 0.387 e. The third kappa shape index (κ3) is 4.55. The number of halogens is 4. The van der Waals surface area contributed by atoms with Gasteiger partial charge in [0.1, 0.15) is 21.2 Å². The SMILES string of the molecule is CC(C)(O)C(=O)N(c1sccc1C(N)=O)S(=O)(=O)c1cc(F)c(F)cc1OC(F)F. The molecule has 0 aliphatic heterocycles. The molecular formula is C16H14F4N2O6S2. The third-order valence-corrected chi connectivity index (χ3v) is 6.24. The average molecular weight is 470 g/mol. The lowest BCUT2D eigenvalue weighted by Gasteiger charge is -2.28. The summed E-state index contributed by atoms with van der Waals surface area (Å²) in [6.07, 6.45) is 0. The molecule has 0 spiro atoms. The highest BCUT2D eigenvalue weighted by Crippen LogP contribution is 2.37. The zero-order valence-corrected chi connectivity index (χ0v) is 16.9. The zero-order valence-electron chi connectivity index (χ0n) is 15.2. The van der Waals surface area contributed by atoms with Crippen LogP contribution in [0.2, 0.25) is 0 Å². The van der Waals surface area contributed by atoms with Crippen LogP contribution in [0, 0.1) is 11.6 Å². The van der Waals surface area contributed by atoms with E-state index in [1.165, 1.54) is 5.38 Å². The van der Waals surface area contributed by atoms with Gasteiger partial charge in [-0.1, -0.05) is 0 Å². The number of amides is 2. The van der Waals surface area contributed by atoms with Gasteiger partial charge < -0.3 is 15.6 Å². The maximum Gasteiger partial charge on any atom is 0.387 e. The Hall–Kier alpha value is -2.71. The van der Waals surface area contributed by atoms with Crippen molar-refractivity contribution >= 4 is 38.2 Å². The lowest BCUT2D eigenvalue weighted by Crippen LogP contribution is -2.48. The Labute approximate surface area is 171 Å². The topological polar surface area (TPSA) is 127 Å². The van der Waals surface area contributed by atoms with Crippen molar-refractivity contribution in [3.8, 4) is 5.75 Å². The Kier molecular flexibility index (Phi) is 6.44. The molecular weight excluding hydrogens is 456 g/mol. The zero-order chi connectivity index (χ0) is 23.0. The highest BCUT2D eigenvalue weighted by atomic mass is 32.2. The minimum atomic E-state index is -5.32. The number of aliphatic hydroxyl groups is 1. The molecule has 0 radical (unpaired) electrons. The van der Waals surface area contributed by atoms with E-state index in [4.69, 9.17) is 5.73 Å². The van der Waals surface area contributed by atoms with Crippen LogP contribution < -0.4 is 14.8 Å². The van der Waals surface area contributed by atoms with E-state index >= 15 is 0 Å². The monoisotopic (exact) mass is 470 g/mol. The average Bonchev–Trinajstić information content (AvgIpc) is 3.05. The van der Waals surface area contributed by atoms with Crippen molar-refractivity contribution in [2.45, 2.75) is 31.0 Å². The molecule has 2 rings (SSSR count). The molecule has 0 saturated carbocycles. The van der Waals surface area contributed by atoms with Crippen molar-refractivity contribution in [3.63, 3.8) is 0 Å². The van der Waals surface area contributed by atoms with Gasteiger partial charge >= 0.3 is 6.61 Å². The molecule has 0 unspecified atom stereocenters. The standard InChI is InChI=1S/C16H14F4N2O6S2/c1-16(2,25)14(24)22(13-7(12(21)23)3-4-29-13)30(26,27)11-6-9(18)8(17)5-10(11)28-15(19)20/h3-6,15,25H,1-2H3,(H2,21,23). The molecule has 14 heteroatoms. The number of carbonyl (C=O) groups is 2. The molecule has 0 aliphatic carbocycles. The third-order valence-electron chi connectivity index (χ3n) is 3.52. The van der Waals surface area contributed by atoms with Gasteiger partial charge in [0.25, 0.3) is 21.8 Å². The number of rotatable bonds is 7. The van der Waals surface area contributed by atoms with E-state index in [2.05, 4.69) is 4.74 Å². The van der Waals surface area contributed by atoms with Crippen molar-refractivity contribution in [1.29, 1.82) is 0 Å². The van der Waals surface area contributed by atoms with Gasteiger partial charge in [-0.05, 0) is 25.3 Å². The summed E-state index contributed by atoms with van der Waals surface area (Å²) in [5.41, 5.74) is 2.36. The first-order valence-corrected chi connectivity index (χ1v) is 10.1. The Balaban J connectivity index is 2.85. The summed E-state index contributed by atoms with van der Waals surface area (Å²) in [5, 5.41) is 10.7. The summed E-state index contributed by atoms with van der Waals surface area (Å²) < 4.78 is 82.9. The molecule has 0 saturated heterocycles. The minimum Gasteiger partial charge on any atom is -0.433 e. The van der Waals surface area contributed by atoms with Crippen LogP contribution in [0.1, 0.15) is 24.2 Å². The molecule has 1 aromatic carbocycles. The Bertz CT molecular complexity index is 1100. The quantitative estimate of drug-likeness (QED) is 0.598. The van der Waals surface area contributed by atoms with Gasteiger partial charge in [0, 0.05) is 12.1 Å². The number of hydrogen-bond acceptors (Lipinski definition) is 7. The van der Waals surface area contributed by atoms with Crippen molar-refractivity contribution < 1.29 is 45.4 Å². The molecule has 0 aliphatic rings. The van der Waals surface area contributed by atoms with E-state index in [0.717, 1.165) is 19.9 Å². The second kappa shape index (κ2) is 8.20. The first-order valence-electron chi connectivity index (χ1n) is 7.81. The number of benzene rings is 1. The van der Waals surface area contributed by atoms with Gasteiger partial charge in [0.05, 0.1) is 5.56 Å². The molecule has 0 bridgehead atoms. The normalized spacial score (nSPS) is 12.1. The summed E-state index contributed by atoms with van der Waals surface area (Å²) in [4.78, 5) is 23.0. The largest absolute Gasteiger partial charge is 0.433 e. The van der Waals surface area contributed by atoms with Gasteiger partial charge in [-0.15, -0.1) is 11.3 Å². The number of carbonyl (C=O) groups excluding carboxylic acids is 2. The Morgan fingerprint density at radius 1 is 1.23 bits per heavy atom. The first-order chi connectivity index (χ1) is 13.7. The number of thiophene rings is 1. The summed E-state index contributed by atoms with van der Waals surface area (Å²) in [6, 6.07) is 1.17. The predicted molar refractivity (Wildman–Crippen MR) is 96.8 cm³/mol. The van der Waals surface area contributed by atoms with Crippen LogP contribution >= 0.6 is 11.3 Å². The molecule has 164 valence electrons. The van der Waals surface area contributed by atoms with Gasteiger partial charge in [0.2, 0.25) is 0 Å². The number of anilines is 1. The molecule has 1 aromatic heterocycles. The van der Waals surface area contributed by atoms with Crippen LogP contribution in [0.5, 0.6) is 5.75 Å². The summed E-state index contributed by atoms with van der Waals surface area (Å²) in [7, 11) is -5.32. The fourth-order valence-corrected chi connectivity index (χ4v) is 5.00. The lowest BCUT2D eigenvalue weighted by molar-refractivity contribution is -0.132. The molecule has 0 fully saturated rings. The molecule has 8 nitrogen and oxygen atoms in total. The number of primary amides is 1. The number of nitrogens with two attached hydrogens (primary N) is 1. The number of ether oxygens (including phenoxy) is 1. The molecule has 3 N–H and O–H groups in total. The van der Waals surface area contributed by atoms with Gasteiger partial charge in [-0.3, -0.25) is 9.59 Å². The van der Waals surface area contributed by atoms with E-state index in [-0.39, 0.29) is 16.4 Å². The van der Waals surface area contributed by atoms with Gasteiger partial charge in [0.15, 0.2) is 11.6 Å². The van der Waals surface area contributed by atoms with Crippen LogP contribution in [0.3, 0.4) is 0 Å². The highest BCUT2D eigenvalue weighted by molar-refractivity contribution is 7.94. The fraction of sp³-hybridized carbons (Fsp3) is 0.250. The summed E-state index contributed by atoms with van der Waals surface area (Å²) >= 11 is 0.536. The Morgan fingerprint density at radius 2 is 1.80 bits per heavy atom. The second-order valence-corrected chi connectivity index (χ2v) is 8.88. The number of hydrogen-bond donors (Lipinski definition) is 2. The van der Waals surface area contributed by atoms with E-state index in [0.29, 0.717) is 11.3 Å². The minimum absolute atomic E-state index is 0.0323. The van der Waals surface area contributed by atoms with Gasteiger partial charge in [-0.2, -0.15) is 13.1 Å². The van der Waals surface area contributed by atoms with Crippen LogP contribution in [0.4, 0.5) is 22.6 Å². The van der Waals surface area contributed by atoms with Gasteiger partial charge in [-0.25, -0.2) is 17.2 Å². The van der Waals surface area contributed by atoms with Crippen LogP contribution in [0.15, 0.2) is 28.5 Å². The van der Waals surface area contributed by atoms with E-state index in [1.807, 2.05) is 0 Å². The van der Waals surface area contributed by atoms with Crippen LogP contribution in [-0.4, -0.2) is 37.6 Å². The van der Waals surface area contributed by atoms with Crippen LogP contribution in [0.25, 0.3) is 0 Å². The second-order valence-electron chi connectivity index (χ2n) is 6.23. The van der Waals surface area contributed by atoms with E-state index in [9.17, 15) is 40.7 Å². The van der Waals surface area contributed by atoms with E-state index < -0.39 is 66.9 Å². The Morgan fingerprint density at radius 3 is 2.30 bits per heavy atom. The molecule has 0 atom stereocenters. The fourth-order valence-electron chi connectivity index (χ4n) is 2.20. The van der Waals surface area contributed by atoms with Crippen molar-refractivity contribution in [2.24, 2.45) is 5.73 Å². The van der Waals surface area contributed by atoms with Crippen molar-refractivity contribution in [1.82, 2.24) is 0 Å². The molecule has 2 amide bonds. The van der Waals surface area contributed by atoms with E-state index in [1.54, 1.807) is 0 Å².